The van der Waals surface area contributed by atoms with Crippen molar-refractivity contribution in [1.29, 1.82) is 0 Å². The molecule has 0 radical (unpaired) electrons. The summed E-state index contributed by atoms with van der Waals surface area (Å²) in [5, 5.41) is 6.12. The molecule has 0 aromatic heterocycles. The third kappa shape index (κ3) is 6.88. The topological polar surface area (TPSA) is 95.1 Å². The molecule has 1 fully saturated rings. The third-order valence-corrected chi connectivity index (χ3v) is 5.31. The molecule has 2 N–H and O–H groups in total. The second-order valence-electron chi connectivity index (χ2n) is 10.6. The van der Waals surface area contributed by atoms with Crippen molar-refractivity contribution >= 4 is 23.4 Å². The summed E-state index contributed by atoms with van der Waals surface area (Å²) in [6.45, 7) is 11.0. The molecule has 2 atom stereocenters. The van der Waals surface area contributed by atoms with Crippen molar-refractivity contribution in [2.45, 2.75) is 70.8 Å². The number of alkyl carbamates (subject to hydrolysis) is 1. The number of ether oxygens (including phenoxy) is 4. The Morgan fingerprint density at radius 1 is 0.886 bits per heavy atom. The minimum absolute atomic E-state index is 0.262. The van der Waals surface area contributed by atoms with Crippen molar-refractivity contribution < 1.29 is 28.5 Å². The molecule has 8 heteroatoms. The Bertz CT molecular complexity index is 1020. The quantitative estimate of drug-likeness (QED) is 0.522. The summed E-state index contributed by atoms with van der Waals surface area (Å²) < 4.78 is 22.4. The van der Waals surface area contributed by atoms with E-state index in [0.29, 0.717) is 0 Å². The average molecular weight is 485 g/mol. The summed E-state index contributed by atoms with van der Waals surface area (Å²) in [6, 6.07) is 15.1. The number of methoxy groups -OCH3 is 1. The molecule has 0 aliphatic carbocycles. The Hall–Kier alpha value is -3.26. The highest BCUT2D eigenvalue weighted by molar-refractivity contribution is 5.87. The summed E-state index contributed by atoms with van der Waals surface area (Å²) in [4.78, 5) is 26.2. The van der Waals surface area contributed by atoms with Crippen molar-refractivity contribution in [3.8, 4) is 5.75 Å². The predicted octanol–water partition coefficient (Wildman–Crippen LogP) is 5.51. The molecule has 0 bridgehead atoms. The van der Waals surface area contributed by atoms with Gasteiger partial charge in [-0.05, 0) is 83.5 Å². The molecule has 2 aromatic rings. The third-order valence-electron chi connectivity index (χ3n) is 5.31. The van der Waals surface area contributed by atoms with Crippen molar-refractivity contribution in [2.75, 3.05) is 19.0 Å². The molecule has 1 saturated heterocycles. The summed E-state index contributed by atoms with van der Waals surface area (Å²) in [6.07, 6.45) is -1.17. The number of nitrogens with one attached hydrogen (secondary N) is 2. The molecule has 0 unspecified atom stereocenters. The van der Waals surface area contributed by atoms with Gasteiger partial charge in [0.2, 0.25) is 0 Å². The van der Waals surface area contributed by atoms with Gasteiger partial charge in [0.15, 0.2) is 5.54 Å². The van der Waals surface area contributed by atoms with Crippen LogP contribution in [0.4, 0.5) is 16.2 Å². The highest BCUT2D eigenvalue weighted by Crippen LogP contribution is 2.41. The van der Waals surface area contributed by atoms with E-state index >= 15 is 0 Å². The number of carbonyl (C=O) groups excluding carboxylic acids is 2. The Morgan fingerprint density at radius 3 is 1.94 bits per heavy atom. The van der Waals surface area contributed by atoms with Gasteiger partial charge in [0.25, 0.3) is 0 Å². The van der Waals surface area contributed by atoms with Crippen molar-refractivity contribution in [1.82, 2.24) is 5.32 Å². The van der Waals surface area contributed by atoms with Crippen LogP contribution in [-0.4, -0.2) is 42.5 Å². The van der Waals surface area contributed by atoms with Crippen LogP contribution in [-0.2, 0) is 19.0 Å². The number of hydrogen-bond donors (Lipinski definition) is 2. The van der Waals surface area contributed by atoms with Crippen LogP contribution in [0.3, 0.4) is 0 Å². The van der Waals surface area contributed by atoms with Crippen LogP contribution >= 0.6 is 0 Å². The van der Waals surface area contributed by atoms with Gasteiger partial charge in [-0.3, -0.25) is 0 Å². The first-order chi connectivity index (χ1) is 16.3. The molecule has 1 aliphatic heterocycles. The Labute approximate surface area is 207 Å². The van der Waals surface area contributed by atoms with Crippen LogP contribution in [0.5, 0.6) is 5.75 Å². The minimum atomic E-state index is -1.42. The lowest BCUT2D eigenvalue weighted by Crippen LogP contribution is -2.59. The number of carbonyl (C=O) groups is 2. The lowest BCUT2D eigenvalue weighted by Gasteiger charge is -2.36. The smallest absolute Gasteiger partial charge is 0.408 e. The summed E-state index contributed by atoms with van der Waals surface area (Å²) in [5.74, 6) is 0.221. The molecule has 190 valence electrons. The molecule has 8 nitrogen and oxygen atoms in total. The molecular weight excluding hydrogens is 448 g/mol. The Kier molecular flexibility index (Phi) is 7.65. The number of hydrogen-bond acceptors (Lipinski definition) is 7. The molecule has 1 aliphatic rings. The molecule has 0 spiro atoms. The van der Waals surface area contributed by atoms with Gasteiger partial charge in [-0.1, -0.05) is 12.1 Å². The van der Waals surface area contributed by atoms with Crippen LogP contribution < -0.4 is 15.4 Å². The summed E-state index contributed by atoms with van der Waals surface area (Å²) in [5.41, 5.74) is -0.363. The van der Waals surface area contributed by atoms with Crippen molar-refractivity contribution in [3.05, 3.63) is 54.1 Å². The molecular formula is C27H36N2O6. The monoisotopic (exact) mass is 484 g/mol. The zero-order valence-corrected chi connectivity index (χ0v) is 21.6. The van der Waals surface area contributed by atoms with E-state index in [-0.39, 0.29) is 13.0 Å². The fraction of sp³-hybridized carbons (Fsp3) is 0.481. The molecule has 0 saturated carbocycles. The van der Waals surface area contributed by atoms with Crippen LogP contribution in [0.25, 0.3) is 0 Å². The molecule has 35 heavy (non-hydrogen) atoms. The van der Waals surface area contributed by atoms with Crippen molar-refractivity contribution in [2.24, 2.45) is 0 Å². The van der Waals surface area contributed by atoms with E-state index < -0.39 is 34.9 Å². The molecule has 3 rings (SSSR count). The second-order valence-corrected chi connectivity index (χ2v) is 10.6. The Morgan fingerprint density at radius 2 is 1.43 bits per heavy atom. The van der Waals surface area contributed by atoms with E-state index in [9.17, 15) is 9.59 Å². The maximum absolute atomic E-state index is 13.4. The normalized spacial score (nSPS) is 20.1. The number of esters is 1. The van der Waals surface area contributed by atoms with Gasteiger partial charge in [0.1, 0.15) is 23.1 Å². The minimum Gasteiger partial charge on any atom is -0.497 e. The zero-order valence-electron chi connectivity index (χ0n) is 21.6. The fourth-order valence-electron chi connectivity index (χ4n) is 3.82. The number of rotatable bonds is 6. The number of anilines is 2. The van der Waals surface area contributed by atoms with Gasteiger partial charge in [0, 0.05) is 17.8 Å². The van der Waals surface area contributed by atoms with E-state index in [1.165, 1.54) is 0 Å². The van der Waals surface area contributed by atoms with Gasteiger partial charge >= 0.3 is 12.1 Å². The van der Waals surface area contributed by atoms with Crippen LogP contribution in [0.1, 0.15) is 59.6 Å². The van der Waals surface area contributed by atoms with E-state index in [4.69, 9.17) is 18.9 Å². The van der Waals surface area contributed by atoms with E-state index in [1.807, 2.05) is 48.5 Å². The summed E-state index contributed by atoms with van der Waals surface area (Å²) >= 11 is 0. The van der Waals surface area contributed by atoms with E-state index in [0.717, 1.165) is 22.7 Å². The van der Waals surface area contributed by atoms with E-state index in [1.54, 1.807) is 48.7 Å². The number of amides is 1. The maximum Gasteiger partial charge on any atom is 0.408 e. The largest absolute Gasteiger partial charge is 0.497 e. The van der Waals surface area contributed by atoms with Gasteiger partial charge in [-0.2, -0.15) is 0 Å². The van der Waals surface area contributed by atoms with Gasteiger partial charge in [-0.15, -0.1) is 0 Å². The highest BCUT2D eigenvalue weighted by atomic mass is 16.6. The number of benzene rings is 2. The van der Waals surface area contributed by atoms with Crippen LogP contribution in [0, 0.1) is 0 Å². The average Bonchev–Trinajstić information content (AvgIpc) is 3.17. The van der Waals surface area contributed by atoms with Gasteiger partial charge in [0.05, 0.1) is 13.7 Å². The first kappa shape index (κ1) is 26.3. The second kappa shape index (κ2) is 10.2. The first-order valence-corrected chi connectivity index (χ1v) is 11.7. The zero-order chi connectivity index (χ0) is 25.9. The van der Waals surface area contributed by atoms with Crippen molar-refractivity contribution in [3.63, 3.8) is 0 Å². The standard InChI is InChI=1S/C27H36N2O6/c1-25(2,3)34-23(30)27(29-24(31)35-26(4,5)6)16-17-33-22(27)18-8-10-19(11-9-18)28-20-12-14-21(32-7)15-13-20/h8-15,22,28H,16-17H2,1-7H3,(H,29,31)/t22-,27+/m1/s1. The fourth-order valence-corrected chi connectivity index (χ4v) is 3.82. The molecule has 1 heterocycles. The summed E-state index contributed by atoms with van der Waals surface area (Å²) in [7, 11) is 1.63. The first-order valence-electron chi connectivity index (χ1n) is 11.7. The van der Waals surface area contributed by atoms with E-state index in [2.05, 4.69) is 10.6 Å². The SMILES string of the molecule is COc1ccc(Nc2ccc([C@H]3OCC[C@@]3(NC(=O)OC(C)(C)C)C(=O)OC(C)(C)C)cc2)cc1. The lowest BCUT2D eigenvalue weighted by molar-refractivity contribution is -0.166. The highest BCUT2D eigenvalue weighted by Gasteiger charge is 2.55. The van der Waals surface area contributed by atoms with Crippen LogP contribution in [0.2, 0.25) is 0 Å². The van der Waals surface area contributed by atoms with Gasteiger partial charge in [-0.25, -0.2) is 9.59 Å². The van der Waals surface area contributed by atoms with Crippen LogP contribution in [0.15, 0.2) is 48.5 Å². The lowest BCUT2D eigenvalue weighted by atomic mass is 9.86. The maximum atomic E-state index is 13.4. The Balaban J connectivity index is 1.86. The molecule has 1 amide bonds. The molecule has 2 aromatic carbocycles. The van der Waals surface area contributed by atoms with Gasteiger partial charge < -0.3 is 29.6 Å². The predicted molar refractivity (Wildman–Crippen MR) is 134 cm³/mol.